The zero-order chi connectivity index (χ0) is 11.3. The Morgan fingerprint density at radius 1 is 1.33 bits per heavy atom. The van der Waals surface area contributed by atoms with Crippen molar-refractivity contribution in [1.29, 1.82) is 0 Å². The number of nitrogens with zero attached hydrogens (tertiary/aromatic N) is 1. The van der Waals surface area contributed by atoms with E-state index in [1.54, 1.807) is 0 Å². The van der Waals surface area contributed by atoms with E-state index >= 15 is 0 Å². The first-order chi connectivity index (χ1) is 7.13. The molecule has 2 heteroatoms. The van der Waals surface area contributed by atoms with Gasteiger partial charge >= 0.3 is 0 Å². The highest BCUT2D eigenvalue weighted by Crippen LogP contribution is 2.05. The Bertz CT molecular complexity index is 276. The summed E-state index contributed by atoms with van der Waals surface area (Å²) < 4.78 is 2.26. The van der Waals surface area contributed by atoms with Crippen molar-refractivity contribution in [2.24, 2.45) is 5.92 Å². The lowest BCUT2D eigenvalue weighted by molar-refractivity contribution is 0.426. The van der Waals surface area contributed by atoms with Gasteiger partial charge < -0.3 is 9.88 Å². The van der Waals surface area contributed by atoms with Gasteiger partial charge in [-0.1, -0.05) is 20.8 Å². The highest BCUT2D eigenvalue weighted by atomic mass is 15.0. The number of aryl methyl sites for hydroxylation is 1. The van der Waals surface area contributed by atoms with Crippen molar-refractivity contribution < 1.29 is 0 Å². The quantitative estimate of drug-likeness (QED) is 0.760. The van der Waals surface area contributed by atoms with Crippen LogP contribution in [-0.4, -0.2) is 10.6 Å². The Morgan fingerprint density at radius 3 is 2.67 bits per heavy atom. The van der Waals surface area contributed by atoms with Crippen LogP contribution in [0.25, 0.3) is 0 Å². The largest absolute Gasteiger partial charge is 0.354 e. The Labute approximate surface area is 93.7 Å². The second-order valence-electron chi connectivity index (χ2n) is 4.67. The summed E-state index contributed by atoms with van der Waals surface area (Å²) in [4.78, 5) is 0. The topological polar surface area (TPSA) is 17.0 Å². The molecule has 0 aromatic carbocycles. The lowest BCUT2D eigenvalue weighted by Crippen LogP contribution is -2.29. The van der Waals surface area contributed by atoms with Gasteiger partial charge in [-0.3, -0.25) is 0 Å². The molecule has 0 spiro atoms. The summed E-state index contributed by atoms with van der Waals surface area (Å²) in [5.74, 6) is 0.697. The predicted molar refractivity (Wildman–Crippen MR) is 65.9 cm³/mol. The second kappa shape index (κ2) is 5.96. The van der Waals surface area contributed by atoms with Crippen molar-refractivity contribution in [3.8, 4) is 0 Å². The molecular formula is C13H24N2. The van der Waals surface area contributed by atoms with Gasteiger partial charge in [0.1, 0.15) is 0 Å². The first kappa shape index (κ1) is 12.3. The fourth-order valence-electron chi connectivity index (χ4n) is 1.51. The van der Waals surface area contributed by atoms with Crippen LogP contribution >= 0.6 is 0 Å². The van der Waals surface area contributed by atoms with E-state index in [-0.39, 0.29) is 0 Å². The van der Waals surface area contributed by atoms with Crippen molar-refractivity contribution in [1.82, 2.24) is 9.88 Å². The second-order valence-corrected chi connectivity index (χ2v) is 4.67. The first-order valence-electron chi connectivity index (χ1n) is 6.01. The lowest BCUT2D eigenvalue weighted by Gasteiger charge is -2.16. The van der Waals surface area contributed by atoms with Crippen molar-refractivity contribution in [2.75, 3.05) is 0 Å². The zero-order valence-corrected chi connectivity index (χ0v) is 10.5. The fraction of sp³-hybridized carbons (Fsp3) is 0.692. The summed E-state index contributed by atoms with van der Waals surface area (Å²) in [5, 5.41) is 3.54. The van der Waals surface area contributed by atoms with Crippen LogP contribution in [0.2, 0.25) is 0 Å². The molecule has 0 aliphatic heterocycles. The van der Waals surface area contributed by atoms with Gasteiger partial charge in [0.15, 0.2) is 0 Å². The third-order valence-electron chi connectivity index (χ3n) is 2.92. The van der Waals surface area contributed by atoms with Crippen molar-refractivity contribution in [3.05, 3.63) is 24.0 Å². The van der Waals surface area contributed by atoms with Gasteiger partial charge in [0, 0.05) is 31.5 Å². The van der Waals surface area contributed by atoms with Crippen molar-refractivity contribution >= 4 is 0 Å². The van der Waals surface area contributed by atoms with Crippen LogP contribution in [0, 0.1) is 5.92 Å². The molecule has 0 aliphatic rings. The molecule has 0 aliphatic carbocycles. The van der Waals surface area contributed by atoms with Gasteiger partial charge in [-0.15, -0.1) is 0 Å². The highest BCUT2D eigenvalue weighted by molar-refractivity contribution is 5.10. The Hall–Kier alpha value is -0.760. The summed E-state index contributed by atoms with van der Waals surface area (Å²) in [7, 11) is 0. The van der Waals surface area contributed by atoms with Crippen LogP contribution in [0.4, 0.5) is 0 Å². The molecule has 86 valence electrons. The SMILES string of the molecule is CCCn1ccc(CNC(C)C(C)C)c1. The third kappa shape index (κ3) is 4.08. The molecule has 1 aromatic rings. The lowest BCUT2D eigenvalue weighted by atomic mass is 10.1. The van der Waals surface area contributed by atoms with Gasteiger partial charge in [0.2, 0.25) is 0 Å². The van der Waals surface area contributed by atoms with E-state index in [0.29, 0.717) is 12.0 Å². The Balaban J connectivity index is 2.37. The van der Waals surface area contributed by atoms with Gasteiger partial charge in [-0.25, -0.2) is 0 Å². The predicted octanol–water partition coefficient (Wildman–Crippen LogP) is 3.03. The molecule has 0 saturated carbocycles. The van der Waals surface area contributed by atoms with E-state index in [1.165, 1.54) is 12.0 Å². The number of hydrogen-bond acceptors (Lipinski definition) is 1. The minimum atomic E-state index is 0.583. The molecule has 2 nitrogen and oxygen atoms in total. The van der Waals surface area contributed by atoms with Gasteiger partial charge in [0.05, 0.1) is 0 Å². The summed E-state index contributed by atoms with van der Waals surface area (Å²) in [6.07, 6.45) is 5.61. The van der Waals surface area contributed by atoms with Crippen molar-refractivity contribution in [3.63, 3.8) is 0 Å². The maximum Gasteiger partial charge on any atom is 0.0223 e. The molecular weight excluding hydrogens is 184 g/mol. The number of aromatic nitrogens is 1. The molecule has 0 fully saturated rings. The maximum absolute atomic E-state index is 3.54. The van der Waals surface area contributed by atoms with E-state index in [0.717, 1.165) is 13.1 Å². The highest BCUT2D eigenvalue weighted by Gasteiger charge is 2.05. The molecule has 15 heavy (non-hydrogen) atoms. The zero-order valence-electron chi connectivity index (χ0n) is 10.5. The molecule has 1 aromatic heterocycles. The third-order valence-corrected chi connectivity index (χ3v) is 2.92. The fourth-order valence-corrected chi connectivity index (χ4v) is 1.51. The van der Waals surface area contributed by atoms with Crippen LogP contribution in [-0.2, 0) is 13.1 Å². The van der Waals surface area contributed by atoms with E-state index in [1.807, 2.05) is 0 Å². The van der Waals surface area contributed by atoms with E-state index < -0.39 is 0 Å². The van der Waals surface area contributed by atoms with Crippen molar-refractivity contribution in [2.45, 2.75) is 53.2 Å². The minimum Gasteiger partial charge on any atom is -0.354 e. The summed E-state index contributed by atoms with van der Waals surface area (Å²) in [6.45, 7) is 11.1. The summed E-state index contributed by atoms with van der Waals surface area (Å²) in [6, 6.07) is 2.79. The standard InChI is InChI=1S/C13H24N2/c1-5-7-15-8-6-13(10-15)9-14-12(4)11(2)3/h6,8,10-12,14H,5,7,9H2,1-4H3. The Kier molecular flexibility index (Phi) is 4.89. The smallest absolute Gasteiger partial charge is 0.0223 e. The van der Waals surface area contributed by atoms with Crippen LogP contribution in [0.5, 0.6) is 0 Å². The van der Waals surface area contributed by atoms with Crippen LogP contribution in [0.15, 0.2) is 18.5 Å². The molecule has 1 heterocycles. The van der Waals surface area contributed by atoms with Crippen LogP contribution < -0.4 is 5.32 Å². The minimum absolute atomic E-state index is 0.583. The van der Waals surface area contributed by atoms with Gasteiger partial charge in [-0.2, -0.15) is 0 Å². The van der Waals surface area contributed by atoms with Crippen LogP contribution in [0.1, 0.15) is 39.7 Å². The van der Waals surface area contributed by atoms with E-state index in [2.05, 4.69) is 56.0 Å². The number of rotatable bonds is 6. The normalized spacial score (nSPS) is 13.4. The number of nitrogens with one attached hydrogen (secondary N) is 1. The number of hydrogen-bond donors (Lipinski definition) is 1. The summed E-state index contributed by atoms with van der Waals surface area (Å²) >= 11 is 0. The van der Waals surface area contributed by atoms with Gasteiger partial charge in [-0.05, 0) is 30.9 Å². The first-order valence-corrected chi connectivity index (χ1v) is 6.01. The van der Waals surface area contributed by atoms with Crippen LogP contribution in [0.3, 0.4) is 0 Å². The average molecular weight is 208 g/mol. The summed E-state index contributed by atoms with van der Waals surface area (Å²) in [5.41, 5.74) is 1.39. The molecule has 0 radical (unpaired) electrons. The molecule has 0 saturated heterocycles. The monoisotopic (exact) mass is 208 g/mol. The van der Waals surface area contributed by atoms with E-state index in [9.17, 15) is 0 Å². The molecule has 0 amide bonds. The molecule has 0 bridgehead atoms. The molecule has 1 N–H and O–H groups in total. The van der Waals surface area contributed by atoms with Gasteiger partial charge in [0.25, 0.3) is 0 Å². The maximum atomic E-state index is 3.54. The molecule has 1 atom stereocenters. The average Bonchev–Trinajstić information content (AvgIpc) is 2.62. The Morgan fingerprint density at radius 2 is 2.07 bits per heavy atom. The van der Waals surface area contributed by atoms with E-state index in [4.69, 9.17) is 0 Å². The molecule has 1 unspecified atom stereocenters. The molecule has 1 rings (SSSR count).